The van der Waals surface area contributed by atoms with Gasteiger partial charge in [0.15, 0.2) is 0 Å². The van der Waals surface area contributed by atoms with Gasteiger partial charge in [0.25, 0.3) is 10.0 Å². The average molecular weight is 489 g/mol. The lowest BCUT2D eigenvalue weighted by molar-refractivity contribution is -0.116. The van der Waals surface area contributed by atoms with Gasteiger partial charge in [0.2, 0.25) is 5.91 Å². The quantitative estimate of drug-likeness (QED) is 0.387. The molecule has 1 amide bonds. The lowest BCUT2D eigenvalue weighted by Crippen LogP contribution is -2.15. The molecule has 0 radical (unpaired) electrons. The van der Waals surface area contributed by atoms with E-state index in [2.05, 4.69) is 10.0 Å². The molecular weight excluding hydrogens is 463 g/mol. The second-order valence-corrected chi connectivity index (χ2v) is 8.83. The standard InChI is InChI=1S/C24H25FN2O6S/c1-31-19-8-10-20(11-9-19)33-15-3-4-24(28)26-18-7-14-23(32-2)22(16-18)27-34(29,30)21-12-5-17(25)6-13-21/h5-14,16,27H,3-4,15H2,1-2H3,(H,26,28). The molecule has 0 fully saturated rings. The molecule has 0 saturated heterocycles. The van der Waals surface area contributed by atoms with E-state index in [1.165, 1.54) is 19.2 Å². The molecule has 3 aromatic carbocycles. The zero-order valence-electron chi connectivity index (χ0n) is 18.7. The zero-order valence-corrected chi connectivity index (χ0v) is 19.5. The summed E-state index contributed by atoms with van der Waals surface area (Å²) in [5.74, 6) is 0.864. The van der Waals surface area contributed by atoms with Gasteiger partial charge in [-0.3, -0.25) is 9.52 Å². The Balaban J connectivity index is 1.57. The zero-order chi connectivity index (χ0) is 24.6. The van der Waals surface area contributed by atoms with Crippen molar-refractivity contribution in [3.8, 4) is 17.2 Å². The van der Waals surface area contributed by atoms with Crippen molar-refractivity contribution in [1.29, 1.82) is 0 Å². The molecule has 180 valence electrons. The molecule has 3 aromatic rings. The van der Waals surface area contributed by atoms with Crippen LogP contribution in [-0.2, 0) is 14.8 Å². The van der Waals surface area contributed by atoms with Crippen LogP contribution in [0.4, 0.5) is 15.8 Å². The Morgan fingerprint density at radius 2 is 1.59 bits per heavy atom. The molecule has 34 heavy (non-hydrogen) atoms. The molecule has 0 aromatic heterocycles. The van der Waals surface area contributed by atoms with Crippen molar-refractivity contribution in [2.24, 2.45) is 0 Å². The van der Waals surface area contributed by atoms with Crippen LogP contribution in [0.15, 0.2) is 71.6 Å². The molecule has 3 rings (SSSR count). The number of amides is 1. The van der Waals surface area contributed by atoms with Crippen molar-refractivity contribution in [3.63, 3.8) is 0 Å². The Hall–Kier alpha value is -3.79. The van der Waals surface area contributed by atoms with E-state index >= 15 is 0 Å². The topological polar surface area (TPSA) is 103 Å². The fourth-order valence-electron chi connectivity index (χ4n) is 3.00. The summed E-state index contributed by atoms with van der Waals surface area (Å²) in [5.41, 5.74) is 0.520. The van der Waals surface area contributed by atoms with E-state index in [-0.39, 0.29) is 28.7 Å². The third kappa shape index (κ3) is 6.85. The van der Waals surface area contributed by atoms with Crippen LogP contribution in [0.3, 0.4) is 0 Å². The first kappa shape index (κ1) is 24.8. The highest BCUT2D eigenvalue weighted by atomic mass is 32.2. The van der Waals surface area contributed by atoms with Crippen molar-refractivity contribution < 1.29 is 31.8 Å². The molecular formula is C24H25FN2O6S. The summed E-state index contributed by atoms with van der Waals surface area (Å²) in [7, 11) is -1.01. The number of carbonyl (C=O) groups excluding carboxylic acids is 1. The molecule has 8 nitrogen and oxygen atoms in total. The first-order valence-electron chi connectivity index (χ1n) is 10.3. The number of methoxy groups -OCH3 is 2. The SMILES string of the molecule is COc1ccc(OCCCC(=O)Nc2ccc(OC)c(NS(=O)(=O)c3ccc(F)cc3)c2)cc1. The van der Waals surface area contributed by atoms with Gasteiger partial charge in [-0.2, -0.15) is 0 Å². The number of hydrogen-bond donors (Lipinski definition) is 2. The van der Waals surface area contributed by atoms with Crippen LogP contribution in [0.5, 0.6) is 17.2 Å². The minimum absolute atomic E-state index is 0.109. The Labute approximate surface area is 197 Å². The molecule has 0 unspecified atom stereocenters. The summed E-state index contributed by atoms with van der Waals surface area (Å²) in [6.07, 6.45) is 0.691. The summed E-state index contributed by atoms with van der Waals surface area (Å²) in [6, 6.07) is 16.1. The molecule has 10 heteroatoms. The molecule has 0 heterocycles. The highest BCUT2D eigenvalue weighted by Gasteiger charge is 2.17. The van der Waals surface area contributed by atoms with Gasteiger partial charge in [0.1, 0.15) is 23.1 Å². The van der Waals surface area contributed by atoms with Crippen molar-refractivity contribution in [3.05, 3.63) is 72.5 Å². The number of anilines is 2. The monoisotopic (exact) mass is 488 g/mol. The van der Waals surface area contributed by atoms with Crippen molar-refractivity contribution >= 4 is 27.3 Å². The fourth-order valence-corrected chi connectivity index (χ4v) is 4.06. The van der Waals surface area contributed by atoms with Gasteiger partial charge in [-0.15, -0.1) is 0 Å². The van der Waals surface area contributed by atoms with Gasteiger partial charge in [-0.25, -0.2) is 12.8 Å². The molecule has 0 aliphatic carbocycles. The second kappa shape index (κ2) is 11.4. The highest BCUT2D eigenvalue weighted by Crippen LogP contribution is 2.30. The predicted octanol–water partition coefficient (Wildman–Crippen LogP) is 4.44. The fraction of sp³-hybridized carbons (Fsp3) is 0.208. The number of ether oxygens (including phenoxy) is 3. The smallest absolute Gasteiger partial charge is 0.262 e. The highest BCUT2D eigenvalue weighted by molar-refractivity contribution is 7.92. The predicted molar refractivity (Wildman–Crippen MR) is 127 cm³/mol. The molecule has 0 atom stereocenters. The van der Waals surface area contributed by atoms with Crippen LogP contribution in [0.25, 0.3) is 0 Å². The number of benzene rings is 3. The number of nitrogens with one attached hydrogen (secondary N) is 2. The van der Waals surface area contributed by atoms with Gasteiger partial charge >= 0.3 is 0 Å². The minimum atomic E-state index is -3.99. The van der Waals surface area contributed by atoms with Crippen LogP contribution < -0.4 is 24.2 Å². The summed E-state index contributed by atoms with van der Waals surface area (Å²) in [5, 5.41) is 2.73. The number of rotatable bonds is 11. The van der Waals surface area contributed by atoms with Gasteiger partial charge in [0.05, 0.1) is 31.4 Å². The van der Waals surface area contributed by atoms with E-state index in [9.17, 15) is 17.6 Å². The summed E-state index contributed by atoms with van der Waals surface area (Å²) < 4.78 is 56.7. The van der Waals surface area contributed by atoms with Crippen LogP contribution >= 0.6 is 0 Å². The maximum atomic E-state index is 13.1. The molecule has 0 bridgehead atoms. The van der Waals surface area contributed by atoms with E-state index in [0.717, 1.165) is 30.0 Å². The van der Waals surface area contributed by atoms with Crippen LogP contribution in [0.2, 0.25) is 0 Å². The summed E-state index contributed by atoms with van der Waals surface area (Å²) in [6.45, 7) is 0.352. The normalized spacial score (nSPS) is 10.9. The van der Waals surface area contributed by atoms with E-state index in [4.69, 9.17) is 14.2 Å². The van der Waals surface area contributed by atoms with E-state index in [0.29, 0.717) is 24.5 Å². The van der Waals surface area contributed by atoms with E-state index in [1.807, 2.05) is 0 Å². The van der Waals surface area contributed by atoms with Crippen molar-refractivity contribution in [2.45, 2.75) is 17.7 Å². The number of sulfonamides is 1. The summed E-state index contributed by atoms with van der Waals surface area (Å²) >= 11 is 0. The Kier molecular flexibility index (Phi) is 8.31. The number of carbonyl (C=O) groups is 1. The average Bonchev–Trinajstić information content (AvgIpc) is 2.82. The Morgan fingerprint density at radius 3 is 2.24 bits per heavy atom. The summed E-state index contributed by atoms with van der Waals surface area (Å²) in [4.78, 5) is 12.2. The molecule has 0 aliphatic heterocycles. The lowest BCUT2D eigenvalue weighted by atomic mass is 10.2. The first-order chi connectivity index (χ1) is 16.3. The third-order valence-electron chi connectivity index (χ3n) is 4.73. The van der Waals surface area contributed by atoms with E-state index in [1.54, 1.807) is 37.4 Å². The second-order valence-electron chi connectivity index (χ2n) is 7.15. The Morgan fingerprint density at radius 1 is 0.912 bits per heavy atom. The van der Waals surface area contributed by atoms with Gasteiger partial charge in [-0.05, 0) is 73.2 Å². The Bertz CT molecular complexity index is 1220. The molecule has 0 saturated carbocycles. The van der Waals surface area contributed by atoms with Crippen LogP contribution in [0.1, 0.15) is 12.8 Å². The van der Waals surface area contributed by atoms with Gasteiger partial charge in [0, 0.05) is 12.1 Å². The maximum Gasteiger partial charge on any atom is 0.262 e. The lowest BCUT2D eigenvalue weighted by Gasteiger charge is -2.14. The first-order valence-corrected chi connectivity index (χ1v) is 11.8. The largest absolute Gasteiger partial charge is 0.497 e. The van der Waals surface area contributed by atoms with Crippen molar-refractivity contribution in [2.75, 3.05) is 30.9 Å². The maximum absolute atomic E-state index is 13.1. The third-order valence-corrected chi connectivity index (χ3v) is 6.11. The molecule has 0 aliphatic rings. The van der Waals surface area contributed by atoms with Gasteiger partial charge in [-0.1, -0.05) is 0 Å². The van der Waals surface area contributed by atoms with E-state index < -0.39 is 15.8 Å². The minimum Gasteiger partial charge on any atom is -0.497 e. The van der Waals surface area contributed by atoms with Crippen LogP contribution in [-0.4, -0.2) is 35.2 Å². The number of halogens is 1. The van der Waals surface area contributed by atoms with Crippen LogP contribution in [0, 0.1) is 5.82 Å². The molecule has 2 N–H and O–H groups in total. The van der Waals surface area contributed by atoms with Crippen molar-refractivity contribution in [1.82, 2.24) is 0 Å². The number of hydrogen-bond acceptors (Lipinski definition) is 6. The van der Waals surface area contributed by atoms with Gasteiger partial charge < -0.3 is 19.5 Å². The molecule has 0 spiro atoms.